The van der Waals surface area contributed by atoms with Crippen molar-refractivity contribution in [2.24, 2.45) is 5.73 Å². The third kappa shape index (κ3) is 3.00. The summed E-state index contributed by atoms with van der Waals surface area (Å²) >= 11 is 0. The average Bonchev–Trinajstić information content (AvgIpc) is 2.06. The van der Waals surface area contributed by atoms with Gasteiger partial charge in [-0.3, -0.25) is 5.73 Å². The van der Waals surface area contributed by atoms with Crippen LogP contribution in [0.1, 0.15) is 5.56 Å². The van der Waals surface area contributed by atoms with Gasteiger partial charge in [0.1, 0.15) is 5.75 Å². The maximum absolute atomic E-state index is 12.2. The van der Waals surface area contributed by atoms with Crippen LogP contribution >= 0.6 is 0 Å². The number of halogens is 3. The van der Waals surface area contributed by atoms with Crippen molar-refractivity contribution in [2.75, 3.05) is 5.32 Å². The van der Waals surface area contributed by atoms with Crippen LogP contribution in [0.15, 0.2) is 18.2 Å². The molecule has 0 bridgehead atoms. The number of anilines is 1. The molecule has 0 aliphatic carbocycles. The third-order valence-corrected chi connectivity index (χ3v) is 1.63. The molecule has 1 unspecified atom stereocenters. The first kappa shape index (κ1) is 11.6. The highest BCUT2D eigenvalue weighted by Crippen LogP contribution is 2.34. The van der Waals surface area contributed by atoms with Crippen LogP contribution in [0.4, 0.5) is 18.9 Å². The van der Waals surface area contributed by atoms with Crippen LogP contribution in [0, 0.1) is 0 Å². The molecule has 0 aliphatic rings. The molecule has 0 saturated heterocycles. The predicted molar refractivity (Wildman–Crippen MR) is 46.9 cm³/mol. The van der Waals surface area contributed by atoms with E-state index in [2.05, 4.69) is 5.32 Å². The summed E-state index contributed by atoms with van der Waals surface area (Å²) in [4.78, 5) is 0. The van der Waals surface area contributed by atoms with Gasteiger partial charge in [0.25, 0.3) is 0 Å². The van der Waals surface area contributed by atoms with E-state index in [1.807, 2.05) is 0 Å². The fourth-order valence-electron chi connectivity index (χ4n) is 0.987. The van der Waals surface area contributed by atoms with Gasteiger partial charge < -0.3 is 15.5 Å². The van der Waals surface area contributed by atoms with Crippen molar-refractivity contribution < 1.29 is 23.4 Å². The van der Waals surface area contributed by atoms with E-state index in [1.54, 1.807) is 0 Å². The molecule has 5 N–H and O–H groups in total. The molecule has 0 spiro atoms. The highest BCUT2D eigenvalue weighted by molar-refractivity contribution is 5.57. The monoisotopic (exact) mass is 222 g/mol. The van der Waals surface area contributed by atoms with Gasteiger partial charge in [0, 0.05) is 0 Å². The number of phenolic OH excluding ortho intramolecular Hbond substituents is 1. The van der Waals surface area contributed by atoms with E-state index in [0.717, 1.165) is 12.1 Å². The van der Waals surface area contributed by atoms with Crippen LogP contribution in [-0.4, -0.2) is 16.6 Å². The van der Waals surface area contributed by atoms with E-state index in [1.165, 1.54) is 0 Å². The molecule has 1 rings (SSSR count). The Balaban J connectivity index is 3.06. The minimum Gasteiger partial charge on any atom is -0.506 e. The molecule has 84 valence electrons. The van der Waals surface area contributed by atoms with E-state index in [9.17, 15) is 13.2 Å². The smallest absolute Gasteiger partial charge is 0.416 e. The highest BCUT2D eigenvalue weighted by atomic mass is 19.4. The maximum Gasteiger partial charge on any atom is 0.416 e. The number of hydrogen-bond acceptors (Lipinski definition) is 4. The Morgan fingerprint density at radius 3 is 2.40 bits per heavy atom. The number of aliphatic hydroxyl groups is 1. The molecular weight excluding hydrogens is 213 g/mol. The Hall–Kier alpha value is -1.47. The standard InChI is InChI=1S/C8H9F3N2O2/c9-8(10,11)4-1-2-6(14)5(3-4)13-7(12)15/h1-3,7,13-15H,12H2. The number of benzene rings is 1. The van der Waals surface area contributed by atoms with Crippen LogP contribution in [0.2, 0.25) is 0 Å². The SMILES string of the molecule is NC(O)Nc1cc(C(F)(F)F)ccc1O. The second-order valence-electron chi connectivity index (χ2n) is 2.82. The number of aromatic hydroxyl groups is 1. The second-order valence-corrected chi connectivity index (χ2v) is 2.82. The minimum absolute atomic E-state index is 0.278. The Morgan fingerprint density at radius 1 is 1.33 bits per heavy atom. The van der Waals surface area contributed by atoms with Crippen molar-refractivity contribution in [3.63, 3.8) is 0 Å². The maximum atomic E-state index is 12.2. The van der Waals surface area contributed by atoms with Gasteiger partial charge in [-0.2, -0.15) is 13.2 Å². The topological polar surface area (TPSA) is 78.5 Å². The van der Waals surface area contributed by atoms with Gasteiger partial charge in [-0.25, -0.2) is 0 Å². The molecule has 0 heterocycles. The summed E-state index contributed by atoms with van der Waals surface area (Å²) in [5.74, 6) is -0.424. The van der Waals surface area contributed by atoms with E-state index in [0.29, 0.717) is 6.07 Å². The molecule has 0 amide bonds. The van der Waals surface area contributed by atoms with Gasteiger partial charge >= 0.3 is 6.18 Å². The zero-order valence-corrected chi connectivity index (χ0v) is 7.42. The largest absolute Gasteiger partial charge is 0.506 e. The number of aliphatic hydroxyl groups excluding tert-OH is 1. The lowest BCUT2D eigenvalue weighted by Crippen LogP contribution is -2.28. The normalized spacial score (nSPS) is 13.7. The zero-order valence-electron chi connectivity index (χ0n) is 7.42. The molecule has 7 heteroatoms. The molecular formula is C8H9F3N2O2. The summed E-state index contributed by atoms with van der Waals surface area (Å²) in [6, 6.07) is 2.25. The van der Waals surface area contributed by atoms with Crippen LogP contribution in [0.5, 0.6) is 5.75 Å². The molecule has 1 atom stereocenters. The van der Waals surface area contributed by atoms with Crippen molar-refractivity contribution in [3.8, 4) is 5.75 Å². The van der Waals surface area contributed by atoms with Crippen molar-refractivity contribution in [1.82, 2.24) is 0 Å². The van der Waals surface area contributed by atoms with Crippen molar-refractivity contribution in [2.45, 2.75) is 12.5 Å². The fourth-order valence-corrected chi connectivity index (χ4v) is 0.987. The molecule has 15 heavy (non-hydrogen) atoms. The Morgan fingerprint density at radius 2 is 1.93 bits per heavy atom. The summed E-state index contributed by atoms with van der Waals surface area (Å²) in [6.45, 7) is 0. The summed E-state index contributed by atoms with van der Waals surface area (Å²) in [5, 5.41) is 19.9. The number of rotatable bonds is 2. The first-order valence-corrected chi connectivity index (χ1v) is 3.91. The molecule has 1 aromatic carbocycles. The highest BCUT2D eigenvalue weighted by Gasteiger charge is 2.31. The van der Waals surface area contributed by atoms with Gasteiger partial charge in [-0.1, -0.05) is 0 Å². The van der Waals surface area contributed by atoms with E-state index < -0.39 is 23.8 Å². The Bertz CT molecular complexity index is 352. The third-order valence-electron chi connectivity index (χ3n) is 1.63. The minimum atomic E-state index is -4.51. The van der Waals surface area contributed by atoms with E-state index >= 15 is 0 Å². The van der Waals surface area contributed by atoms with Gasteiger partial charge in [0.15, 0.2) is 6.35 Å². The summed E-state index contributed by atoms with van der Waals surface area (Å²) in [6.07, 6.45) is -6.05. The first-order chi connectivity index (χ1) is 6.80. The van der Waals surface area contributed by atoms with Crippen LogP contribution < -0.4 is 11.1 Å². The lowest BCUT2D eigenvalue weighted by molar-refractivity contribution is -0.137. The molecule has 0 aliphatic heterocycles. The summed E-state index contributed by atoms with van der Waals surface area (Å²) in [7, 11) is 0. The van der Waals surface area contributed by atoms with Crippen LogP contribution in [-0.2, 0) is 6.18 Å². The lowest BCUT2D eigenvalue weighted by Gasteiger charge is -2.13. The van der Waals surface area contributed by atoms with Crippen molar-refractivity contribution in [3.05, 3.63) is 23.8 Å². The Labute approximate surface area is 83.1 Å². The zero-order chi connectivity index (χ0) is 11.6. The van der Waals surface area contributed by atoms with E-state index in [4.69, 9.17) is 15.9 Å². The van der Waals surface area contributed by atoms with Crippen molar-refractivity contribution >= 4 is 5.69 Å². The lowest BCUT2D eigenvalue weighted by atomic mass is 10.2. The first-order valence-electron chi connectivity index (χ1n) is 3.91. The van der Waals surface area contributed by atoms with Gasteiger partial charge in [0.2, 0.25) is 0 Å². The second kappa shape index (κ2) is 3.95. The summed E-state index contributed by atoms with van der Waals surface area (Å²) < 4.78 is 36.7. The number of nitrogens with two attached hydrogens (primary N) is 1. The molecule has 0 aromatic heterocycles. The molecule has 4 nitrogen and oxygen atoms in total. The number of alkyl halides is 3. The molecule has 0 radical (unpaired) electrons. The number of phenols is 1. The molecule has 1 aromatic rings. The van der Waals surface area contributed by atoms with Crippen molar-refractivity contribution in [1.29, 1.82) is 0 Å². The summed E-state index contributed by atoms with van der Waals surface area (Å²) in [5.41, 5.74) is 3.69. The molecule has 0 fully saturated rings. The average molecular weight is 222 g/mol. The fraction of sp³-hybridized carbons (Fsp3) is 0.250. The quantitative estimate of drug-likeness (QED) is 0.445. The van der Waals surface area contributed by atoms with Gasteiger partial charge in [0.05, 0.1) is 11.3 Å². The van der Waals surface area contributed by atoms with Gasteiger partial charge in [-0.05, 0) is 18.2 Å². The Kier molecular flexibility index (Phi) is 3.06. The van der Waals surface area contributed by atoms with Gasteiger partial charge in [-0.15, -0.1) is 0 Å². The molecule has 0 saturated carbocycles. The van der Waals surface area contributed by atoms with Crippen LogP contribution in [0.3, 0.4) is 0 Å². The van der Waals surface area contributed by atoms with E-state index in [-0.39, 0.29) is 5.69 Å². The number of hydrogen-bond donors (Lipinski definition) is 4. The predicted octanol–water partition coefficient (Wildman–Crippen LogP) is 1.06. The number of nitrogens with one attached hydrogen (secondary N) is 1. The van der Waals surface area contributed by atoms with Crippen LogP contribution in [0.25, 0.3) is 0 Å².